The maximum Gasteiger partial charge on any atom is 0.265 e. The Labute approximate surface area is 142 Å². The predicted molar refractivity (Wildman–Crippen MR) is 92.0 cm³/mol. The summed E-state index contributed by atoms with van der Waals surface area (Å²) in [5.41, 5.74) is 2.84. The van der Waals surface area contributed by atoms with E-state index >= 15 is 0 Å². The molecule has 0 bridgehead atoms. The molecule has 0 fully saturated rings. The van der Waals surface area contributed by atoms with E-state index in [-0.39, 0.29) is 12.5 Å². The van der Waals surface area contributed by atoms with Gasteiger partial charge in [0.05, 0.1) is 12.2 Å². The van der Waals surface area contributed by atoms with Crippen LogP contribution in [0.1, 0.15) is 11.1 Å². The lowest BCUT2D eigenvalue weighted by Gasteiger charge is -2.30. The summed E-state index contributed by atoms with van der Waals surface area (Å²) in [7, 11) is 0. The summed E-state index contributed by atoms with van der Waals surface area (Å²) in [6.45, 7) is 2.51. The molecule has 0 saturated heterocycles. The van der Waals surface area contributed by atoms with Crippen LogP contribution in [0.2, 0.25) is 5.02 Å². The fourth-order valence-electron chi connectivity index (χ4n) is 2.30. The lowest BCUT2D eigenvalue weighted by atomic mass is 10.1. The SMILES string of the molecule is Cc1ccc(CN2C(=O)COc3ccc(I)cc32)c(Cl)c1. The van der Waals surface area contributed by atoms with E-state index in [2.05, 4.69) is 22.6 Å². The van der Waals surface area contributed by atoms with Crippen molar-refractivity contribution in [3.8, 4) is 5.75 Å². The van der Waals surface area contributed by atoms with Gasteiger partial charge in [-0.1, -0.05) is 23.7 Å². The lowest BCUT2D eigenvalue weighted by Crippen LogP contribution is -2.38. The molecule has 1 amide bonds. The van der Waals surface area contributed by atoms with Crippen LogP contribution in [0.5, 0.6) is 5.75 Å². The highest BCUT2D eigenvalue weighted by molar-refractivity contribution is 14.1. The molecule has 0 radical (unpaired) electrons. The lowest BCUT2D eigenvalue weighted by molar-refractivity contribution is -0.121. The molecule has 21 heavy (non-hydrogen) atoms. The van der Waals surface area contributed by atoms with Crippen LogP contribution < -0.4 is 9.64 Å². The molecular weight excluding hydrogens is 401 g/mol. The van der Waals surface area contributed by atoms with Crippen molar-refractivity contribution in [1.29, 1.82) is 0 Å². The molecule has 1 aliphatic rings. The molecule has 0 atom stereocenters. The van der Waals surface area contributed by atoms with Crippen molar-refractivity contribution < 1.29 is 9.53 Å². The van der Waals surface area contributed by atoms with Gasteiger partial charge in [0, 0.05) is 8.59 Å². The zero-order valence-electron chi connectivity index (χ0n) is 11.4. The van der Waals surface area contributed by atoms with Gasteiger partial charge in [0.2, 0.25) is 0 Å². The minimum absolute atomic E-state index is 0.0545. The van der Waals surface area contributed by atoms with Crippen molar-refractivity contribution in [1.82, 2.24) is 0 Å². The normalized spacial score (nSPS) is 13.9. The Morgan fingerprint density at radius 2 is 2.10 bits per heavy atom. The molecule has 1 aliphatic heterocycles. The number of carbonyl (C=O) groups excluding carboxylic acids is 1. The zero-order chi connectivity index (χ0) is 15.0. The Balaban J connectivity index is 1.98. The number of benzene rings is 2. The molecule has 1 heterocycles. The molecule has 0 N–H and O–H groups in total. The minimum atomic E-state index is -0.0545. The number of anilines is 1. The van der Waals surface area contributed by atoms with Gasteiger partial charge in [-0.2, -0.15) is 0 Å². The van der Waals surface area contributed by atoms with Crippen LogP contribution >= 0.6 is 34.2 Å². The summed E-state index contributed by atoms with van der Waals surface area (Å²) in [5, 5.41) is 0.682. The highest BCUT2D eigenvalue weighted by atomic mass is 127. The molecule has 0 aliphatic carbocycles. The number of fused-ring (bicyclic) bond motifs is 1. The van der Waals surface area contributed by atoms with Gasteiger partial charge in [0.25, 0.3) is 5.91 Å². The van der Waals surface area contributed by atoms with Gasteiger partial charge in [-0.3, -0.25) is 4.79 Å². The van der Waals surface area contributed by atoms with Crippen molar-refractivity contribution in [2.45, 2.75) is 13.5 Å². The van der Waals surface area contributed by atoms with E-state index in [1.165, 1.54) is 0 Å². The first-order valence-electron chi connectivity index (χ1n) is 6.52. The molecule has 5 heteroatoms. The largest absolute Gasteiger partial charge is 0.482 e. The molecule has 0 unspecified atom stereocenters. The van der Waals surface area contributed by atoms with Gasteiger partial charge in [-0.05, 0) is 64.9 Å². The number of aryl methyl sites for hydroxylation is 1. The minimum Gasteiger partial charge on any atom is -0.482 e. The molecule has 3 rings (SSSR count). The third-order valence-electron chi connectivity index (χ3n) is 3.40. The standard InChI is InChI=1S/C16H13ClINO2/c1-10-2-3-11(13(17)6-10)8-19-14-7-12(18)4-5-15(14)21-9-16(19)20/h2-7H,8-9H2,1H3. The number of hydrogen-bond donors (Lipinski definition) is 0. The highest BCUT2D eigenvalue weighted by Crippen LogP contribution is 2.35. The first-order valence-corrected chi connectivity index (χ1v) is 7.98. The third kappa shape index (κ3) is 3.01. The molecule has 0 aromatic heterocycles. The summed E-state index contributed by atoms with van der Waals surface area (Å²) in [5.74, 6) is 0.680. The molecule has 0 saturated carbocycles. The van der Waals surface area contributed by atoms with Crippen molar-refractivity contribution >= 4 is 45.8 Å². The Hall–Kier alpha value is -1.27. The van der Waals surface area contributed by atoms with E-state index in [4.69, 9.17) is 16.3 Å². The van der Waals surface area contributed by atoms with Crippen LogP contribution in [0.4, 0.5) is 5.69 Å². The molecule has 2 aromatic rings. The molecule has 108 valence electrons. The van der Waals surface area contributed by atoms with Crippen LogP contribution in [0.3, 0.4) is 0 Å². The maximum absolute atomic E-state index is 12.2. The number of nitrogens with zero attached hydrogens (tertiary/aromatic N) is 1. The van der Waals surface area contributed by atoms with Crippen molar-refractivity contribution in [2.24, 2.45) is 0 Å². The number of carbonyl (C=O) groups is 1. The van der Waals surface area contributed by atoms with E-state index in [9.17, 15) is 4.79 Å². The monoisotopic (exact) mass is 413 g/mol. The Morgan fingerprint density at radius 3 is 2.86 bits per heavy atom. The van der Waals surface area contributed by atoms with Crippen LogP contribution in [0, 0.1) is 10.5 Å². The Bertz CT molecular complexity index is 717. The predicted octanol–water partition coefficient (Wildman–Crippen LogP) is 4.18. The van der Waals surface area contributed by atoms with Gasteiger partial charge in [0.1, 0.15) is 5.75 Å². The second-order valence-corrected chi connectivity index (χ2v) is 6.63. The van der Waals surface area contributed by atoms with Crippen molar-refractivity contribution in [3.05, 3.63) is 56.1 Å². The maximum atomic E-state index is 12.2. The number of ether oxygens (including phenoxy) is 1. The number of rotatable bonds is 2. The second-order valence-electron chi connectivity index (χ2n) is 4.98. The summed E-state index contributed by atoms with van der Waals surface area (Å²) >= 11 is 8.51. The zero-order valence-corrected chi connectivity index (χ0v) is 14.3. The van der Waals surface area contributed by atoms with Crippen LogP contribution in [-0.2, 0) is 11.3 Å². The second kappa shape index (κ2) is 5.85. The first-order chi connectivity index (χ1) is 10.0. The topological polar surface area (TPSA) is 29.5 Å². The average Bonchev–Trinajstić information content (AvgIpc) is 2.44. The van der Waals surface area contributed by atoms with E-state index in [1.54, 1.807) is 4.90 Å². The molecular formula is C16H13ClINO2. The summed E-state index contributed by atoms with van der Waals surface area (Å²) < 4.78 is 6.54. The molecule has 2 aromatic carbocycles. The fraction of sp³-hybridized carbons (Fsp3) is 0.188. The smallest absolute Gasteiger partial charge is 0.265 e. The van der Waals surface area contributed by atoms with Gasteiger partial charge >= 0.3 is 0 Å². The van der Waals surface area contributed by atoms with Crippen LogP contribution in [0.25, 0.3) is 0 Å². The third-order valence-corrected chi connectivity index (χ3v) is 4.42. The Morgan fingerprint density at radius 1 is 1.29 bits per heavy atom. The molecule has 0 spiro atoms. The van der Waals surface area contributed by atoms with Gasteiger partial charge in [0.15, 0.2) is 6.61 Å². The average molecular weight is 414 g/mol. The molecule has 3 nitrogen and oxygen atoms in total. The fourth-order valence-corrected chi connectivity index (χ4v) is 3.07. The number of hydrogen-bond acceptors (Lipinski definition) is 2. The van der Waals surface area contributed by atoms with Gasteiger partial charge < -0.3 is 9.64 Å². The van der Waals surface area contributed by atoms with Crippen molar-refractivity contribution in [2.75, 3.05) is 11.5 Å². The van der Waals surface area contributed by atoms with E-state index in [0.717, 1.165) is 26.1 Å². The van der Waals surface area contributed by atoms with Crippen molar-refractivity contribution in [3.63, 3.8) is 0 Å². The van der Waals surface area contributed by atoms with E-state index in [0.29, 0.717) is 11.6 Å². The summed E-state index contributed by atoms with van der Waals surface area (Å²) in [6, 6.07) is 11.7. The highest BCUT2D eigenvalue weighted by Gasteiger charge is 2.26. The van der Waals surface area contributed by atoms with Crippen LogP contribution in [-0.4, -0.2) is 12.5 Å². The van der Waals surface area contributed by atoms with Gasteiger partial charge in [-0.15, -0.1) is 0 Å². The summed E-state index contributed by atoms with van der Waals surface area (Å²) in [6.07, 6.45) is 0. The van der Waals surface area contributed by atoms with Gasteiger partial charge in [-0.25, -0.2) is 0 Å². The van der Waals surface area contributed by atoms with Crippen LogP contribution in [0.15, 0.2) is 36.4 Å². The summed E-state index contributed by atoms with van der Waals surface area (Å²) in [4.78, 5) is 13.9. The number of halogens is 2. The van der Waals surface area contributed by atoms with E-state index < -0.39 is 0 Å². The Kier molecular flexibility index (Phi) is 4.08. The number of amides is 1. The first kappa shape index (κ1) is 14.7. The quantitative estimate of drug-likeness (QED) is 0.691. The van der Waals surface area contributed by atoms with E-state index in [1.807, 2.05) is 43.3 Å².